The molecule has 0 aliphatic carbocycles. The minimum Gasteiger partial charge on any atom is -0.410 e. The second-order valence-corrected chi connectivity index (χ2v) is 2.58. The van der Waals surface area contributed by atoms with Crippen LogP contribution in [-0.2, 0) is 0 Å². The smallest absolute Gasteiger partial charge is 0.342 e. The monoisotopic (exact) mass is 130 g/mol. The van der Waals surface area contributed by atoms with Gasteiger partial charge in [0, 0.05) is 0 Å². The van der Waals surface area contributed by atoms with Crippen molar-refractivity contribution in [1.82, 2.24) is 0 Å². The Hall–Kier alpha value is -0.383. The molecule has 0 radical (unpaired) electrons. The van der Waals surface area contributed by atoms with Crippen LogP contribution in [0.3, 0.4) is 0 Å². The average molecular weight is 130 g/mol. The van der Waals surface area contributed by atoms with Crippen LogP contribution >= 0.6 is 0 Å². The first kappa shape index (κ1) is 7.62. The molecule has 0 aliphatic rings. The van der Waals surface area contributed by atoms with E-state index in [9.17, 15) is 0 Å². The van der Waals surface area contributed by atoms with Gasteiger partial charge in [-0.05, 0) is 12.1 Å². The Morgan fingerprint density at radius 3 is 2.50 bits per heavy atom. The molecule has 2 N–H and O–H groups in total. The van der Waals surface area contributed by atoms with E-state index in [0.29, 0.717) is 6.42 Å². The van der Waals surface area contributed by atoms with Crippen LogP contribution in [0.5, 0.6) is 0 Å². The quantitative estimate of drug-likeness (QED) is 0.412. The summed E-state index contributed by atoms with van der Waals surface area (Å²) in [4.78, 5) is 16.7. The van der Waals surface area contributed by atoms with E-state index >= 15 is 0 Å². The molecule has 2 nitrogen and oxygen atoms in total. The van der Waals surface area contributed by atoms with E-state index in [4.69, 9.17) is 9.59 Å². The van der Waals surface area contributed by atoms with Gasteiger partial charge in [0.15, 0.2) is 0 Å². The van der Waals surface area contributed by atoms with E-state index in [1.807, 2.05) is 0 Å². The molecule has 0 saturated heterocycles. The topological polar surface area (TPSA) is 40.5 Å². The third-order valence-electron chi connectivity index (χ3n) is 0.611. The first-order chi connectivity index (χ1) is 3.77. The van der Waals surface area contributed by atoms with Gasteiger partial charge in [-0.1, -0.05) is 12.2 Å². The molecule has 0 fully saturated rings. The van der Waals surface area contributed by atoms with Crippen LogP contribution in [0.1, 0.15) is 6.42 Å². The first-order valence-electron chi connectivity index (χ1n) is 2.41. The van der Waals surface area contributed by atoms with Crippen molar-refractivity contribution in [3.63, 3.8) is 0 Å². The summed E-state index contributed by atoms with van der Waals surface area (Å²) in [6, 6.07) is 0. The lowest BCUT2D eigenvalue weighted by Gasteiger charge is -1.85. The van der Waals surface area contributed by atoms with Crippen molar-refractivity contribution < 1.29 is 9.59 Å². The molecule has 0 heterocycles. The zero-order valence-corrected chi connectivity index (χ0v) is 5.77. The minimum atomic E-state index is -2.43. The van der Waals surface area contributed by atoms with Crippen LogP contribution in [-0.4, -0.2) is 18.9 Å². The van der Waals surface area contributed by atoms with Crippen LogP contribution in [0.15, 0.2) is 24.4 Å². The van der Waals surface area contributed by atoms with Gasteiger partial charge in [-0.25, -0.2) is 0 Å². The fraction of sp³-hybridized carbons (Fsp3) is 0.200. The standard InChI is InChI=1S/C5H10O2Si/c1-2-3-4-5-8(6)7/h2,4-8H,1,3H2. The summed E-state index contributed by atoms with van der Waals surface area (Å²) >= 11 is 0. The third kappa shape index (κ3) is 5.62. The van der Waals surface area contributed by atoms with Crippen molar-refractivity contribution >= 4 is 9.28 Å². The molecule has 0 saturated carbocycles. The van der Waals surface area contributed by atoms with E-state index in [2.05, 4.69) is 6.58 Å². The Bertz CT molecular complexity index is 88.4. The number of rotatable bonds is 3. The van der Waals surface area contributed by atoms with Gasteiger partial charge in [0.1, 0.15) is 0 Å². The number of allylic oxidation sites excluding steroid dienone is 2. The van der Waals surface area contributed by atoms with E-state index in [0.717, 1.165) is 0 Å². The highest BCUT2D eigenvalue weighted by Gasteiger charge is 1.88. The van der Waals surface area contributed by atoms with Gasteiger partial charge in [-0.2, -0.15) is 0 Å². The van der Waals surface area contributed by atoms with Crippen LogP contribution in [0.25, 0.3) is 0 Å². The van der Waals surface area contributed by atoms with Gasteiger partial charge in [-0.15, -0.1) is 6.58 Å². The van der Waals surface area contributed by atoms with Crippen molar-refractivity contribution in [3.05, 3.63) is 24.4 Å². The fourth-order valence-electron chi connectivity index (χ4n) is 0.297. The number of hydrogen-bond acceptors (Lipinski definition) is 2. The Kier molecular flexibility index (Phi) is 4.54. The molecule has 0 aromatic heterocycles. The van der Waals surface area contributed by atoms with Crippen LogP contribution in [0, 0.1) is 0 Å². The van der Waals surface area contributed by atoms with Crippen LogP contribution < -0.4 is 0 Å². The zero-order valence-electron chi connectivity index (χ0n) is 4.62. The van der Waals surface area contributed by atoms with Crippen molar-refractivity contribution in [2.45, 2.75) is 6.42 Å². The summed E-state index contributed by atoms with van der Waals surface area (Å²) in [5.74, 6) is 0. The van der Waals surface area contributed by atoms with Crippen molar-refractivity contribution in [2.24, 2.45) is 0 Å². The zero-order chi connectivity index (χ0) is 6.41. The summed E-state index contributed by atoms with van der Waals surface area (Å²) in [6.45, 7) is 3.46. The molecule has 0 spiro atoms. The second-order valence-electron chi connectivity index (χ2n) is 1.37. The predicted octanol–water partition coefficient (Wildman–Crippen LogP) is -0.137. The van der Waals surface area contributed by atoms with Gasteiger partial charge in [0.05, 0.1) is 0 Å². The van der Waals surface area contributed by atoms with Gasteiger partial charge in [-0.3, -0.25) is 0 Å². The maximum atomic E-state index is 8.35. The predicted molar refractivity (Wildman–Crippen MR) is 35.5 cm³/mol. The van der Waals surface area contributed by atoms with Crippen molar-refractivity contribution in [1.29, 1.82) is 0 Å². The molecule has 0 aromatic carbocycles. The molecular weight excluding hydrogens is 120 g/mol. The van der Waals surface area contributed by atoms with Crippen LogP contribution in [0.4, 0.5) is 0 Å². The molecule has 0 aliphatic heterocycles. The van der Waals surface area contributed by atoms with Crippen LogP contribution in [0.2, 0.25) is 0 Å². The van der Waals surface area contributed by atoms with Gasteiger partial charge in [0.25, 0.3) is 0 Å². The molecule has 0 unspecified atom stereocenters. The lowest BCUT2D eigenvalue weighted by atomic mass is 10.4. The maximum absolute atomic E-state index is 8.35. The molecule has 0 atom stereocenters. The van der Waals surface area contributed by atoms with Gasteiger partial charge < -0.3 is 9.59 Å². The summed E-state index contributed by atoms with van der Waals surface area (Å²) in [5.41, 5.74) is 1.43. The molecule has 0 rings (SSSR count). The third-order valence-corrected chi connectivity index (χ3v) is 1.23. The molecule has 0 bridgehead atoms. The molecule has 8 heavy (non-hydrogen) atoms. The van der Waals surface area contributed by atoms with Crippen molar-refractivity contribution in [2.75, 3.05) is 0 Å². The van der Waals surface area contributed by atoms with E-state index in [1.54, 1.807) is 12.2 Å². The van der Waals surface area contributed by atoms with E-state index in [-0.39, 0.29) is 0 Å². The Morgan fingerprint density at radius 2 is 2.12 bits per heavy atom. The molecule has 0 amide bonds. The minimum absolute atomic E-state index is 0.713. The Morgan fingerprint density at radius 1 is 1.50 bits per heavy atom. The van der Waals surface area contributed by atoms with E-state index < -0.39 is 9.28 Å². The summed E-state index contributed by atoms with van der Waals surface area (Å²) in [6.07, 6.45) is 4.11. The lowest BCUT2D eigenvalue weighted by molar-refractivity contribution is 0.424. The molecule has 3 heteroatoms. The van der Waals surface area contributed by atoms with Gasteiger partial charge in [0.2, 0.25) is 0 Å². The molecule has 46 valence electrons. The maximum Gasteiger partial charge on any atom is 0.342 e. The summed E-state index contributed by atoms with van der Waals surface area (Å²) < 4.78 is 0. The Balaban J connectivity index is 3.19. The average Bonchev–Trinajstić information content (AvgIpc) is 1.66. The normalized spacial score (nSPS) is 10.9. The SMILES string of the molecule is C=CCC=C[SiH](O)O. The summed E-state index contributed by atoms with van der Waals surface area (Å²) in [5, 5.41) is 0. The lowest BCUT2D eigenvalue weighted by Crippen LogP contribution is -2.05. The second kappa shape index (κ2) is 4.77. The number of hydrogen-bond donors (Lipinski definition) is 2. The largest absolute Gasteiger partial charge is 0.410 e. The fourth-order valence-corrected chi connectivity index (χ4v) is 0.697. The highest BCUT2D eigenvalue weighted by atomic mass is 28.3. The molecule has 0 aromatic rings. The van der Waals surface area contributed by atoms with Gasteiger partial charge >= 0.3 is 9.28 Å². The highest BCUT2D eigenvalue weighted by molar-refractivity contribution is 6.47. The van der Waals surface area contributed by atoms with E-state index in [1.165, 1.54) is 5.70 Å². The highest BCUT2D eigenvalue weighted by Crippen LogP contribution is 1.82. The summed E-state index contributed by atoms with van der Waals surface area (Å²) in [7, 11) is -2.43. The van der Waals surface area contributed by atoms with Crippen molar-refractivity contribution in [3.8, 4) is 0 Å². The Labute approximate surface area is 50.6 Å². The first-order valence-corrected chi connectivity index (χ1v) is 4.11. The molecular formula is C5H10O2Si.